The number of hydrogen-bond donors (Lipinski definition) is 1. The molecule has 0 amide bonds. The van der Waals surface area contributed by atoms with E-state index in [1.807, 2.05) is 11.7 Å². The second kappa shape index (κ2) is 5.80. The smallest absolute Gasteiger partial charge is 0.107 e. The van der Waals surface area contributed by atoms with Crippen LogP contribution in [-0.2, 0) is 13.6 Å². The first kappa shape index (κ1) is 12.8. The van der Waals surface area contributed by atoms with Crippen molar-refractivity contribution in [3.8, 4) is 10.6 Å². The summed E-state index contributed by atoms with van der Waals surface area (Å²) in [4.78, 5) is 1.21. The van der Waals surface area contributed by atoms with E-state index in [0.29, 0.717) is 0 Å². The average molecular weight is 314 g/mol. The van der Waals surface area contributed by atoms with E-state index in [4.69, 9.17) is 0 Å². The Morgan fingerprint density at radius 1 is 1.47 bits per heavy atom. The van der Waals surface area contributed by atoms with Gasteiger partial charge in [-0.2, -0.15) is 5.10 Å². The van der Waals surface area contributed by atoms with Crippen molar-refractivity contribution in [3.63, 3.8) is 0 Å². The maximum Gasteiger partial charge on any atom is 0.107 e. The minimum atomic E-state index is 0.881. The van der Waals surface area contributed by atoms with Gasteiger partial charge in [-0.05, 0) is 41.0 Å². The van der Waals surface area contributed by atoms with Crippen molar-refractivity contribution in [1.82, 2.24) is 15.1 Å². The van der Waals surface area contributed by atoms with Gasteiger partial charge in [0, 0.05) is 25.4 Å². The summed E-state index contributed by atoms with van der Waals surface area (Å²) < 4.78 is 3.02. The molecule has 92 valence electrons. The molecule has 2 aromatic rings. The standard InChI is InChI=1S/C12H16BrN3S/c1-3-6-14-7-9-8-16(2)15-12(9)10-4-5-11(13)17-10/h4-5,8,14H,3,6-7H2,1-2H3. The Bertz CT molecular complexity index is 490. The molecule has 17 heavy (non-hydrogen) atoms. The van der Waals surface area contributed by atoms with E-state index in [0.717, 1.165) is 29.0 Å². The highest BCUT2D eigenvalue weighted by Gasteiger charge is 2.11. The van der Waals surface area contributed by atoms with E-state index in [1.54, 1.807) is 11.3 Å². The summed E-state index contributed by atoms with van der Waals surface area (Å²) in [5.74, 6) is 0. The Balaban J connectivity index is 2.21. The van der Waals surface area contributed by atoms with E-state index in [-0.39, 0.29) is 0 Å². The summed E-state index contributed by atoms with van der Waals surface area (Å²) in [5, 5.41) is 7.96. The molecule has 5 heteroatoms. The normalized spacial score (nSPS) is 11.0. The van der Waals surface area contributed by atoms with E-state index < -0.39 is 0 Å². The molecule has 0 atom stereocenters. The van der Waals surface area contributed by atoms with Crippen LogP contribution in [0.3, 0.4) is 0 Å². The van der Waals surface area contributed by atoms with Crippen LogP contribution >= 0.6 is 27.3 Å². The summed E-state index contributed by atoms with van der Waals surface area (Å²) in [7, 11) is 1.97. The first-order chi connectivity index (χ1) is 8.20. The van der Waals surface area contributed by atoms with Gasteiger partial charge in [-0.25, -0.2) is 0 Å². The van der Waals surface area contributed by atoms with E-state index >= 15 is 0 Å². The summed E-state index contributed by atoms with van der Waals surface area (Å²) in [6.07, 6.45) is 3.24. The Hall–Kier alpha value is -0.650. The Kier molecular flexibility index (Phi) is 4.36. The van der Waals surface area contributed by atoms with Gasteiger partial charge in [0.25, 0.3) is 0 Å². The van der Waals surface area contributed by atoms with Crippen molar-refractivity contribution >= 4 is 27.3 Å². The quantitative estimate of drug-likeness (QED) is 0.857. The zero-order valence-corrected chi connectivity index (χ0v) is 12.4. The summed E-state index contributed by atoms with van der Waals surface area (Å²) in [6, 6.07) is 4.18. The van der Waals surface area contributed by atoms with Gasteiger partial charge in [-0.15, -0.1) is 11.3 Å². The summed E-state index contributed by atoms with van der Waals surface area (Å²) >= 11 is 5.21. The molecular formula is C12H16BrN3S. The molecule has 0 fully saturated rings. The molecular weight excluding hydrogens is 298 g/mol. The van der Waals surface area contributed by atoms with Gasteiger partial charge in [-0.3, -0.25) is 4.68 Å². The number of rotatable bonds is 5. The first-order valence-corrected chi connectivity index (χ1v) is 7.30. The van der Waals surface area contributed by atoms with E-state index in [2.05, 4.69) is 51.6 Å². The summed E-state index contributed by atoms with van der Waals surface area (Å²) in [6.45, 7) is 4.10. The second-order valence-electron chi connectivity index (χ2n) is 3.96. The van der Waals surface area contributed by atoms with Crippen LogP contribution in [0.5, 0.6) is 0 Å². The van der Waals surface area contributed by atoms with Gasteiger partial charge >= 0.3 is 0 Å². The minimum Gasteiger partial charge on any atom is -0.313 e. The molecule has 0 aromatic carbocycles. The van der Waals surface area contributed by atoms with Crippen molar-refractivity contribution in [2.75, 3.05) is 6.54 Å². The van der Waals surface area contributed by atoms with Crippen LogP contribution in [0.15, 0.2) is 22.1 Å². The number of nitrogens with zero attached hydrogens (tertiary/aromatic N) is 2. The fourth-order valence-electron chi connectivity index (χ4n) is 1.72. The Morgan fingerprint density at radius 3 is 2.94 bits per heavy atom. The monoisotopic (exact) mass is 313 g/mol. The maximum atomic E-state index is 4.54. The number of aromatic nitrogens is 2. The van der Waals surface area contributed by atoms with Gasteiger partial charge < -0.3 is 5.32 Å². The molecule has 0 unspecified atom stereocenters. The van der Waals surface area contributed by atoms with Crippen molar-refractivity contribution in [3.05, 3.63) is 27.7 Å². The predicted molar refractivity (Wildman–Crippen MR) is 76.2 cm³/mol. The van der Waals surface area contributed by atoms with Crippen molar-refractivity contribution in [2.24, 2.45) is 7.05 Å². The van der Waals surface area contributed by atoms with Crippen LogP contribution in [-0.4, -0.2) is 16.3 Å². The molecule has 3 nitrogen and oxygen atoms in total. The highest BCUT2D eigenvalue weighted by Crippen LogP contribution is 2.32. The first-order valence-electron chi connectivity index (χ1n) is 5.69. The molecule has 2 rings (SSSR count). The highest BCUT2D eigenvalue weighted by molar-refractivity contribution is 9.11. The van der Waals surface area contributed by atoms with Crippen LogP contribution in [0.2, 0.25) is 0 Å². The van der Waals surface area contributed by atoms with Crippen LogP contribution in [0.4, 0.5) is 0 Å². The zero-order chi connectivity index (χ0) is 12.3. The number of thiophene rings is 1. The van der Waals surface area contributed by atoms with Crippen molar-refractivity contribution in [2.45, 2.75) is 19.9 Å². The lowest BCUT2D eigenvalue weighted by Gasteiger charge is -2.01. The SMILES string of the molecule is CCCNCc1cn(C)nc1-c1ccc(Br)s1. The van der Waals surface area contributed by atoms with Gasteiger partial charge in [0.1, 0.15) is 5.69 Å². The molecule has 0 aliphatic carbocycles. The van der Waals surface area contributed by atoms with Crippen LogP contribution in [0, 0.1) is 0 Å². The molecule has 0 bridgehead atoms. The predicted octanol–water partition coefficient (Wildman–Crippen LogP) is 3.41. The number of nitrogens with one attached hydrogen (secondary N) is 1. The lowest BCUT2D eigenvalue weighted by molar-refractivity contribution is 0.675. The fourth-order valence-corrected chi connectivity index (χ4v) is 3.12. The lowest BCUT2D eigenvalue weighted by Crippen LogP contribution is -2.13. The van der Waals surface area contributed by atoms with Gasteiger partial charge in [0.2, 0.25) is 0 Å². The average Bonchev–Trinajstić information content (AvgIpc) is 2.85. The van der Waals surface area contributed by atoms with E-state index in [1.165, 1.54) is 10.4 Å². The maximum absolute atomic E-state index is 4.54. The van der Waals surface area contributed by atoms with Gasteiger partial charge in [0.15, 0.2) is 0 Å². The lowest BCUT2D eigenvalue weighted by atomic mass is 10.2. The molecule has 0 spiro atoms. The van der Waals surface area contributed by atoms with Gasteiger partial charge in [0.05, 0.1) is 8.66 Å². The third-order valence-electron chi connectivity index (χ3n) is 2.45. The zero-order valence-electron chi connectivity index (χ0n) is 10.0. The highest BCUT2D eigenvalue weighted by atomic mass is 79.9. The van der Waals surface area contributed by atoms with E-state index in [9.17, 15) is 0 Å². The van der Waals surface area contributed by atoms with Crippen molar-refractivity contribution < 1.29 is 0 Å². The number of halogens is 1. The largest absolute Gasteiger partial charge is 0.313 e. The third-order valence-corrected chi connectivity index (χ3v) is 4.08. The molecule has 1 N–H and O–H groups in total. The Morgan fingerprint density at radius 2 is 2.29 bits per heavy atom. The molecule has 0 radical (unpaired) electrons. The Labute approximate surface area is 114 Å². The van der Waals surface area contributed by atoms with Crippen LogP contribution < -0.4 is 5.32 Å². The molecule has 0 saturated heterocycles. The molecule has 0 aliphatic rings. The minimum absolute atomic E-state index is 0.881. The molecule has 0 aliphatic heterocycles. The third kappa shape index (κ3) is 3.18. The number of hydrogen-bond acceptors (Lipinski definition) is 3. The molecule has 0 saturated carbocycles. The molecule has 2 aromatic heterocycles. The van der Waals surface area contributed by atoms with Crippen molar-refractivity contribution in [1.29, 1.82) is 0 Å². The summed E-state index contributed by atoms with van der Waals surface area (Å²) in [5.41, 5.74) is 2.35. The van der Waals surface area contributed by atoms with Gasteiger partial charge in [-0.1, -0.05) is 6.92 Å². The number of aryl methyl sites for hydroxylation is 1. The van der Waals surface area contributed by atoms with Crippen LogP contribution in [0.25, 0.3) is 10.6 Å². The fraction of sp³-hybridized carbons (Fsp3) is 0.417. The van der Waals surface area contributed by atoms with Crippen LogP contribution in [0.1, 0.15) is 18.9 Å². The topological polar surface area (TPSA) is 29.9 Å². The second-order valence-corrected chi connectivity index (χ2v) is 6.42. The molecule has 2 heterocycles.